The van der Waals surface area contributed by atoms with Crippen LogP contribution in [-0.2, 0) is 9.53 Å². The van der Waals surface area contributed by atoms with Gasteiger partial charge >= 0.3 is 5.97 Å². The van der Waals surface area contributed by atoms with Crippen LogP contribution in [-0.4, -0.2) is 22.5 Å². The van der Waals surface area contributed by atoms with Crippen molar-refractivity contribution >= 4 is 11.7 Å². The SMILES string of the molecule is C#C[C@]1(OC(C)=O)C=C[C@H]2[C@@H]3CCC4=C/C(=N\O)CC[C@@H]4[C@H]3CC[C@@]21CC. The molecule has 144 valence electrons. The summed E-state index contributed by atoms with van der Waals surface area (Å²) in [5.74, 6) is 4.76. The van der Waals surface area contributed by atoms with E-state index in [-0.39, 0.29) is 11.4 Å². The molecule has 0 aromatic carbocycles. The maximum absolute atomic E-state index is 11.8. The van der Waals surface area contributed by atoms with Crippen LogP contribution < -0.4 is 0 Å². The molecule has 0 unspecified atom stereocenters. The third-order valence-corrected chi connectivity index (χ3v) is 7.95. The van der Waals surface area contributed by atoms with Gasteiger partial charge in [-0.2, -0.15) is 0 Å². The number of carbonyl (C=O) groups is 1. The fraction of sp³-hybridized carbons (Fsp3) is 0.652. The van der Waals surface area contributed by atoms with Crippen molar-refractivity contribution in [2.75, 3.05) is 0 Å². The zero-order valence-corrected chi connectivity index (χ0v) is 16.3. The van der Waals surface area contributed by atoms with E-state index in [1.54, 1.807) is 0 Å². The highest BCUT2D eigenvalue weighted by Gasteiger charge is 2.63. The zero-order valence-electron chi connectivity index (χ0n) is 16.3. The van der Waals surface area contributed by atoms with Gasteiger partial charge in [-0.15, -0.1) is 6.42 Å². The lowest BCUT2D eigenvalue weighted by Gasteiger charge is -2.56. The van der Waals surface area contributed by atoms with Crippen LogP contribution in [0.2, 0.25) is 0 Å². The number of hydrogen-bond acceptors (Lipinski definition) is 4. The number of carbonyl (C=O) groups excluding carboxylic acids is 1. The largest absolute Gasteiger partial charge is 0.442 e. The van der Waals surface area contributed by atoms with Crippen molar-refractivity contribution in [1.82, 2.24) is 0 Å². The minimum atomic E-state index is -0.900. The van der Waals surface area contributed by atoms with Crippen molar-refractivity contribution < 1.29 is 14.7 Å². The van der Waals surface area contributed by atoms with E-state index in [4.69, 9.17) is 16.4 Å². The van der Waals surface area contributed by atoms with E-state index in [9.17, 15) is 4.79 Å². The van der Waals surface area contributed by atoms with Gasteiger partial charge in [0.25, 0.3) is 0 Å². The predicted molar refractivity (Wildman–Crippen MR) is 104 cm³/mol. The molecule has 0 amide bonds. The second-order valence-electron chi connectivity index (χ2n) is 8.73. The van der Waals surface area contributed by atoms with Gasteiger partial charge in [-0.1, -0.05) is 29.6 Å². The monoisotopic (exact) mass is 367 g/mol. The maximum atomic E-state index is 11.8. The summed E-state index contributed by atoms with van der Waals surface area (Å²) in [6.07, 6.45) is 19.5. The normalized spacial score (nSPS) is 43.9. The standard InChI is InChI=1S/C23H29NO3/c1-4-22-12-10-19-18-9-7-17(24-26)14-16(18)6-8-20(19)21(22)11-13-23(22,5-2)27-15(3)25/h2,11,13-14,18-21,26H,4,6-10,12H2,1,3H3/b24-17-/t18-,19+,20+,21-,22-,23-/m0/s1. The first kappa shape index (κ1) is 18.3. The van der Waals surface area contributed by atoms with Gasteiger partial charge in [0.1, 0.15) is 0 Å². The fourth-order valence-corrected chi connectivity index (χ4v) is 6.84. The molecule has 0 aromatic heterocycles. The van der Waals surface area contributed by atoms with E-state index >= 15 is 0 Å². The Hall–Kier alpha value is -2.02. The van der Waals surface area contributed by atoms with Gasteiger partial charge in [0, 0.05) is 12.3 Å². The van der Waals surface area contributed by atoms with Crippen molar-refractivity contribution in [3.05, 3.63) is 23.8 Å². The molecule has 4 aliphatic rings. The Bertz CT molecular complexity index is 773. The van der Waals surface area contributed by atoms with Crippen molar-refractivity contribution in [1.29, 1.82) is 0 Å². The second-order valence-corrected chi connectivity index (χ2v) is 8.73. The Morgan fingerprint density at radius 2 is 2.19 bits per heavy atom. The Balaban J connectivity index is 1.67. The lowest BCUT2D eigenvalue weighted by Crippen LogP contribution is -2.55. The second kappa shape index (κ2) is 6.55. The molecule has 4 aliphatic carbocycles. The molecule has 0 saturated heterocycles. The Morgan fingerprint density at radius 3 is 2.85 bits per heavy atom. The molecule has 2 fully saturated rings. The molecule has 0 aromatic rings. The van der Waals surface area contributed by atoms with E-state index in [2.05, 4.69) is 30.2 Å². The fourth-order valence-electron chi connectivity index (χ4n) is 6.84. The van der Waals surface area contributed by atoms with Crippen LogP contribution in [0.25, 0.3) is 0 Å². The molecule has 6 atom stereocenters. The maximum Gasteiger partial charge on any atom is 0.304 e. The first-order chi connectivity index (χ1) is 13.0. The van der Waals surface area contributed by atoms with E-state index < -0.39 is 5.60 Å². The molecule has 0 heterocycles. The highest BCUT2D eigenvalue weighted by atomic mass is 16.6. The van der Waals surface area contributed by atoms with Crippen LogP contribution in [0.15, 0.2) is 29.0 Å². The first-order valence-corrected chi connectivity index (χ1v) is 10.3. The topological polar surface area (TPSA) is 58.9 Å². The van der Waals surface area contributed by atoms with Crippen molar-refractivity contribution in [2.24, 2.45) is 34.2 Å². The average molecular weight is 367 g/mol. The summed E-state index contributed by atoms with van der Waals surface area (Å²) in [5, 5.41) is 12.6. The summed E-state index contributed by atoms with van der Waals surface area (Å²) >= 11 is 0. The van der Waals surface area contributed by atoms with Gasteiger partial charge in [-0.3, -0.25) is 4.79 Å². The molecule has 4 heteroatoms. The van der Waals surface area contributed by atoms with Gasteiger partial charge in [-0.25, -0.2) is 0 Å². The summed E-state index contributed by atoms with van der Waals surface area (Å²) in [7, 11) is 0. The van der Waals surface area contributed by atoms with Crippen LogP contribution in [0.1, 0.15) is 58.8 Å². The lowest BCUT2D eigenvalue weighted by atomic mass is 9.49. The molecule has 0 radical (unpaired) electrons. The highest BCUT2D eigenvalue weighted by molar-refractivity contribution is 5.96. The molecule has 0 aliphatic heterocycles. The molecule has 0 spiro atoms. The Kier molecular flexibility index (Phi) is 4.45. The van der Waals surface area contributed by atoms with E-state index in [1.807, 2.05) is 6.08 Å². The summed E-state index contributed by atoms with van der Waals surface area (Å²) in [5.41, 5.74) is 1.20. The number of ether oxygens (including phenoxy) is 1. The number of oxime groups is 1. The number of terminal acetylenes is 1. The highest BCUT2D eigenvalue weighted by Crippen LogP contribution is 2.64. The average Bonchev–Trinajstić information content (AvgIpc) is 3.01. The number of nitrogens with zero attached hydrogens (tertiary/aromatic N) is 1. The molecule has 0 bridgehead atoms. The quantitative estimate of drug-likeness (QED) is 0.257. The van der Waals surface area contributed by atoms with E-state index in [0.717, 1.165) is 50.7 Å². The summed E-state index contributed by atoms with van der Waals surface area (Å²) in [6.45, 7) is 3.64. The molecule has 4 nitrogen and oxygen atoms in total. The van der Waals surface area contributed by atoms with Gasteiger partial charge in [0.2, 0.25) is 0 Å². The summed E-state index contributed by atoms with van der Waals surface area (Å²) in [4.78, 5) is 11.8. The van der Waals surface area contributed by atoms with Gasteiger partial charge < -0.3 is 9.94 Å². The third kappa shape index (κ3) is 2.51. The minimum absolute atomic E-state index is 0.178. The number of rotatable bonds is 2. The number of allylic oxidation sites excluding steroid dienone is 3. The predicted octanol–water partition coefficient (Wildman–Crippen LogP) is 4.49. The van der Waals surface area contributed by atoms with Crippen LogP contribution in [0.4, 0.5) is 0 Å². The Labute approximate surface area is 161 Å². The molecule has 1 N–H and O–H groups in total. The summed E-state index contributed by atoms with van der Waals surface area (Å²) in [6, 6.07) is 0. The summed E-state index contributed by atoms with van der Waals surface area (Å²) < 4.78 is 5.81. The first-order valence-electron chi connectivity index (χ1n) is 10.3. The van der Waals surface area contributed by atoms with Crippen LogP contribution in [0, 0.1) is 41.4 Å². The smallest absolute Gasteiger partial charge is 0.304 e. The minimum Gasteiger partial charge on any atom is -0.442 e. The van der Waals surface area contributed by atoms with Gasteiger partial charge in [0.15, 0.2) is 5.60 Å². The van der Waals surface area contributed by atoms with Crippen LogP contribution in [0.3, 0.4) is 0 Å². The third-order valence-electron chi connectivity index (χ3n) is 7.95. The Morgan fingerprint density at radius 1 is 1.37 bits per heavy atom. The lowest BCUT2D eigenvalue weighted by molar-refractivity contribution is -0.165. The molecule has 2 saturated carbocycles. The molecular formula is C23H29NO3. The van der Waals surface area contributed by atoms with Crippen molar-refractivity contribution in [2.45, 2.75) is 64.4 Å². The number of fused-ring (bicyclic) bond motifs is 5. The molecule has 27 heavy (non-hydrogen) atoms. The van der Waals surface area contributed by atoms with Crippen LogP contribution in [0.5, 0.6) is 0 Å². The van der Waals surface area contributed by atoms with E-state index in [1.165, 1.54) is 12.5 Å². The number of hydrogen-bond donors (Lipinski definition) is 1. The van der Waals surface area contributed by atoms with Gasteiger partial charge in [-0.05, 0) is 80.8 Å². The van der Waals surface area contributed by atoms with E-state index in [0.29, 0.717) is 23.7 Å². The molecule has 4 rings (SSSR count). The van der Waals surface area contributed by atoms with Crippen molar-refractivity contribution in [3.63, 3.8) is 0 Å². The van der Waals surface area contributed by atoms with Gasteiger partial charge in [0.05, 0.1) is 5.71 Å². The van der Waals surface area contributed by atoms with Crippen LogP contribution >= 0.6 is 0 Å². The number of esters is 1. The zero-order chi connectivity index (χ0) is 19.2. The molecular weight excluding hydrogens is 338 g/mol. The van der Waals surface area contributed by atoms with Crippen molar-refractivity contribution in [3.8, 4) is 12.3 Å².